The third-order valence-corrected chi connectivity index (χ3v) is 5.67. The Labute approximate surface area is 183 Å². The van der Waals surface area contributed by atoms with E-state index in [2.05, 4.69) is 42.8 Å². The maximum atomic E-state index is 5.68. The van der Waals surface area contributed by atoms with E-state index in [1.54, 1.807) is 23.6 Å². The van der Waals surface area contributed by atoms with Gasteiger partial charge < -0.3 is 14.8 Å². The van der Waals surface area contributed by atoms with Crippen molar-refractivity contribution in [1.82, 2.24) is 25.5 Å². The van der Waals surface area contributed by atoms with Gasteiger partial charge in [-0.15, -0.1) is 5.10 Å². The first-order chi connectivity index (χ1) is 14.2. The molecule has 3 aromatic rings. The normalized spacial score (nSPS) is 10.9. The zero-order chi connectivity index (χ0) is 20.5. The van der Waals surface area contributed by atoms with Crippen LogP contribution in [0, 0.1) is 0 Å². The van der Waals surface area contributed by atoms with E-state index in [4.69, 9.17) is 9.47 Å². The molecular weight excluding hydrogens is 454 g/mol. The molecule has 3 rings (SSSR count). The first-order valence-electron chi connectivity index (χ1n) is 9.39. The number of ether oxygens (including phenoxy) is 2. The zero-order valence-electron chi connectivity index (χ0n) is 16.5. The fourth-order valence-electron chi connectivity index (χ4n) is 2.78. The van der Waals surface area contributed by atoms with Gasteiger partial charge in [-0.2, -0.15) is 4.68 Å². The number of halogens is 1. The number of nitrogens with zero attached hydrogens (tertiary/aromatic N) is 4. The van der Waals surface area contributed by atoms with Crippen LogP contribution in [0.3, 0.4) is 0 Å². The summed E-state index contributed by atoms with van der Waals surface area (Å²) < 4.78 is 13.7. The Hall–Kier alpha value is -2.10. The molecule has 0 atom stereocenters. The van der Waals surface area contributed by atoms with E-state index in [1.165, 1.54) is 0 Å². The van der Waals surface area contributed by atoms with Gasteiger partial charge in [-0.1, -0.05) is 30.0 Å². The molecule has 2 aromatic carbocycles. The average Bonchev–Trinajstić information content (AvgIpc) is 3.20. The number of methoxy groups -OCH3 is 1. The lowest BCUT2D eigenvalue weighted by Gasteiger charge is -2.13. The molecule has 0 saturated heterocycles. The van der Waals surface area contributed by atoms with Gasteiger partial charge in [0.1, 0.15) is 0 Å². The third kappa shape index (κ3) is 5.94. The lowest BCUT2D eigenvalue weighted by Crippen LogP contribution is -2.15. The molecule has 0 amide bonds. The Morgan fingerprint density at radius 3 is 2.79 bits per heavy atom. The van der Waals surface area contributed by atoms with Gasteiger partial charge in [-0.25, -0.2) is 0 Å². The Bertz CT molecular complexity index is 907. The zero-order valence-corrected chi connectivity index (χ0v) is 18.9. The molecule has 1 heterocycles. The van der Waals surface area contributed by atoms with Crippen molar-refractivity contribution in [2.75, 3.05) is 26.0 Å². The predicted molar refractivity (Wildman–Crippen MR) is 118 cm³/mol. The van der Waals surface area contributed by atoms with Crippen molar-refractivity contribution in [3.63, 3.8) is 0 Å². The van der Waals surface area contributed by atoms with Crippen LogP contribution in [0.15, 0.2) is 52.1 Å². The molecule has 1 aromatic heterocycles. The highest BCUT2D eigenvalue weighted by Gasteiger charge is 2.11. The van der Waals surface area contributed by atoms with E-state index in [1.807, 2.05) is 43.3 Å². The summed E-state index contributed by atoms with van der Waals surface area (Å²) in [6.07, 6.45) is 1.00. The van der Waals surface area contributed by atoms with Crippen molar-refractivity contribution in [3.8, 4) is 17.2 Å². The number of rotatable bonds is 11. The third-order valence-electron chi connectivity index (χ3n) is 4.07. The van der Waals surface area contributed by atoms with Crippen LogP contribution in [0.25, 0.3) is 5.69 Å². The monoisotopic (exact) mass is 477 g/mol. The maximum absolute atomic E-state index is 5.68. The molecule has 0 aliphatic rings. The standard InChI is InChI=1S/C20H24BrN5O2S/c1-3-28-18-13-15(12-17(21)19(18)27-2)14-22-10-7-11-29-20-23-24-25-26(20)16-8-5-4-6-9-16/h4-6,8-9,12-13,22H,3,7,10-11,14H2,1-2H3. The summed E-state index contributed by atoms with van der Waals surface area (Å²) in [5.41, 5.74) is 2.11. The molecule has 0 aliphatic carbocycles. The van der Waals surface area contributed by atoms with Crippen LogP contribution in [0.4, 0.5) is 0 Å². The number of benzene rings is 2. The molecule has 154 valence electrons. The second kappa shape index (κ2) is 11.2. The largest absolute Gasteiger partial charge is 0.492 e. The van der Waals surface area contributed by atoms with E-state index in [0.29, 0.717) is 6.61 Å². The van der Waals surface area contributed by atoms with Crippen LogP contribution >= 0.6 is 27.7 Å². The second-order valence-electron chi connectivity index (χ2n) is 6.13. The summed E-state index contributed by atoms with van der Waals surface area (Å²) in [6.45, 7) is 4.21. The highest BCUT2D eigenvalue weighted by molar-refractivity contribution is 9.10. The molecule has 0 aliphatic heterocycles. The van der Waals surface area contributed by atoms with Crippen molar-refractivity contribution >= 4 is 27.7 Å². The minimum Gasteiger partial charge on any atom is -0.492 e. The molecule has 1 N–H and O–H groups in total. The van der Waals surface area contributed by atoms with Gasteiger partial charge in [0.05, 0.1) is 23.9 Å². The van der Waals surface area contributed by atoms with E-state index in [-0.39, 0.29) is 0 Å². The van der Waals surface area contributed by atoms with Gasteiger partial charge in [0.2, 0.25) is 5.16 Å². The first kappa shape index (κ1) is 21.6. The maximum Gasteiger partial charge on any atom is 0.214 e. The topological polar surface area (TPSA) is 74.1 Å². The van der Waals surface area contributed by atoms with Gasteiger partial charge in [0.15, 0.2) is 11.5 Å². The van der Waals surface area contributed by atoms with Crippen LogP contribution in [-0.4, -0.2) is 46.2 Å². The molecule has 0 unspecified atom stereocenters. The van der Waals surface area contributed by atoms with Crippen LogP contribution in [0.2, 0.25) is 0 Å². The minimum atomic E-state index is 0.597. The van der Waals surface area contributed by atoms with Crippen molar-refractivity contribution < 1.29 is 9.47 Å². The molecule has 9 heteroatoms. The lowest BCUT2D eigenvalue weighted by molar-refractivity contribution is 0.309. The Balaban J connectivity index is 1.45. The summed E-state index contributed by atoms with van der Waals surface area (Å²) in [7, 11) is 1.65. The molecule has 0 radical (unpaired) electrons. The summed E-state index contributed by atoms with van der Waals surface area (Å²) in [5.74, 6) is 2.41. The quantitative estimate of drug-likeness (QED) is 0.329. The number of hydrogen-bond donors (Lipinski definition) is 1. The molecule has 0 spiro atoms. The fraction of sp³-hybridized carbons (Fsp3) is 0.350. The number of thioether (sulfide) groups is 1. The van der Waals surface area contributed by atoms with Crippen molar-refractivity contribution in [1.29, 1.82) is 0 Å². The van der Waals surface area contributed by atoms with Gasteiger partial charge >= 0.3 is 0 Å². The number of nitrogens with one attached hydrogen (secondary N) is 1. The molecule has 0 fully saturated rings. The van der Waals surface area contributed by atoms with Crippen LogP contribution < -0.4 is 14.8 Å². The number of hydrogen-bond acceptors (Lipinski definition) is 7. The van der Waals surface area contributed by atoms with Gasteiger partial charge in [0.25, 0.3) is 0 Å². The predicted octanol–water partition coefficient (Wildman–Crippen LogP) is 4.10. The van der Waals surface area contributed by atoms with Crippen LogP contribution in [-0.2, 0) is 6.54 Å². The van der Waals surface area contributed by atoms with E-state index >= 15 is 0 Å². The highest BCUT2D eigenvalue weighted by Crippen LogP contribution is 2.36. The number of aromatic nitrogens is 4. The van der Waals surface area contributed by atoms with Gasteiger partial charge in [0, 0.05) is 12.3 Å². The minimum absolute atomic E-state index is 0.597. The highest BCUT2D eigenvalue weighted by atomic mass is 79.9. The van der Waals surface area contributed by atoms with E-state index < -0.39 is 0 Å². The lowest BCUT2D eigenvalue weighted by atomic mass is 10.2. The Morgan fingerprint density at radius 1 is 1.21 bits per heavy atom. The van der Waals surface area contributed by atoms with E-state index in [9.17, 15) is 0 Å². The average molecular weight is 478 g/mol. The molecule has 7 nitrogen and oxygen atoms in total. The van der Waals surface area contributed by atoms with Crippen LogP contribution in [0.1, 0.15) is 18.9 Å². The number of para-hydroxylation sites is 1. The molecular formula is C20H24BrN5O2S. The Morgan fingerprint density at radius 2 is 2.03 bits per heavy atom. The summed E-state index contributed by atoms with van der Waals surface area (Å²) in [6, 6.07) is 14.0. The first-order valence-corrected chi connectivity index (χ1v) is 11.2. The van der Waals surface area contributed by atoms with Crippen molar-refractivity contribution in [2.24, 2.45) is 0 Å². The molecule has 0 bridgehead atoms. The van der Waals surface area contributed by atoms with Gasteiger partial charge in [-0.3, -0.25) is 0 Å². The number of tetrazole rings is 1. The van der Waals surface area contributed by atoms with E-state index in [0.717, 1.165) is 57.6 Å². The fourth-order valence-corrected chi connectivity index (χ4v) is 4.26. The van der Waals surface area contributed by atoms with Crippen LogP contribution in [0.5, 0.6) is 11.5 Å². The Kier molecular flexibility index (Phi) is 8.33. The summed E-state index contributed by atoms with van der Waals surface area (Å²) in [4.78, 5) is 0. The SMILES string of the molecule is CCOc1cc(CNCCCSc2nnnn2-c2ccccc2)cc(Br)c1OC. The smallest absolute Gasteiger partial charge is 0.214 e. The molecule has 0 saturated carbocycles. The van der Waals surface area contributed by atoms with Gasteiger partial charge in [-0.05, 0) is 76.1 Å². The summed E-state index contributed by atoms with van der Waals surface area (Å²) >= 11 is 5.21. The molecule has 29 heavy (non-hydrogen) atoms. The summed E-state index contributed by atoms with van der Waals surface area (Å²) in [5, 5.41) is 16.3. The van der Waals surface area contributed by atoms with Crippen molar-refractivity contribution in [2.45, 2.75) is 25.0 Å². The second-order valence-corrected chi connectivity index (χ2v) is 8.05. The van der Waals surface area contributed by atoms with Crippen molar-refractivity contribution in [3.05, 3.63) is 52.5 Å².